The van der Waals surface area contributed by atoms with Gasteiger partial charge < -0.3 is 10.2 Å². The Morgan fingerprint density at radius 1 is 0.556 bits per heavy atom. The van der Waals surface area contributed by atoms with Crippen molar-refractivity contribution in [2.75, 3.05) is 10.2 Å². The van der Waals surface area contributed by atoms with E-state index < -0.39 is 0 Å². The standard InChI is InChI=1S/C24H17BN2/c1-2-9-17(10-3-1)27-22-15-7-5-12-19(22)25-18-11-4-6-13-20(18)26-21-14-8-16-23(27)24(21)25/h1-16,26H. The normalized spacial score (nSPS) is 13.3. The summed E-state index contributed by atoms with van der Waals surface area (Å²) in [5.41, 5.74) is 10.2. The number of fused-ring (bicyclic) bond motifs is 4. The van der Waals surface area contributed by atoms with E-state index in [9.17, 15) is 0 Å². The van der Waals surface area contributed by atoms with Gasteiger partial charge in [0.05, 0.1) is 0 Å². The Morgan fingerprint density at radius 2 is 1.22 bits per heavy atom. The predicted octanol–water partition coefficient (Wildman–Crippen LogP) is 4.04. The van der Waals surface area contributed by atoms with E-state index in [0.717, 1.165) is 0 Å². The van der Waals surface area contributed by atoms with Crippen molar-refractivity contribution < 1.29 is 0 Å². The van der Waals surface area contributed by atoms with Gasteiger partial charge in [0.15, 0.2) is 0 Å². The van der Waals surface area contributed by atoms with Crippen molar-refractivity contribution in [3.63, 3.8) is 0 Å². The molecule has 0 atom stereocenters. The summed E-state index contributed by atoms with van der Waals surface area (Å²) in [6, 6.07) is 34.7. The first-order chi connectivity index (χ1) is 13.4. The molecule has 4 aromatic rings. The molecular formula is C24H17BN2. The van der Waals surface area contributed by atoms with Crippen LogP contribution >= 0.6 is 0 Å². The Balaban J connectivity index is 1.70. The topological polar surface area (TPSA) is 15.3 Å². The van der Waals surface area contributed by atoms with Crippen molar-refractivity contribution in [3.8, 4) is 0 Å². The van der Waals surface area contributed by atoms with E-state index in [2.05, 4.69) is 107 Å². The molecule has 0 spiro atoms. The van der Waals surface area contributed by atoms with Crippen LogP contribution in [0.5, 0.6) is 0 Å². The molecule has 0 saturated heterocycles. The highest BCUT2D eigenvalue weighted by molar-refractivity contribution is 7.00. The molecule has 0 bridgehead atoms. The van der Waals surface area contributed by atoms with Crippen LogP contribution in [0.15, 0.2) is 97.1 Å². The minimum absolute atomic E-state index is 0.254. The molecule has 2 aliphatic rings. The highest BCUT2D eigenvalue weighted by Crippen LogP contribution is 2.38. The molecule has 0 radical (unpaired) electrons. The molecule has 2 nitrogen and oxygen atoms in total. The van der Waals surface area contributed by atoms with Crippen LogP contribution in [-0.4, -0.2) is 6.71 Å². The number of benzene rings is 4. The monoisotopic (exact) mass is 344 g/mol. The van der Waals surface area contributed by atoms with E-state index in [1.165, 1.54) is 44.8 Å². The molecule has 0 unspecified atom stereocenters. The van der Waals surface area contributed by atoms with Crippen molar-refractivity contribution in [1.82, 2.24) is 0 Å². The number of hydrogen-bond donors (Lipinski definition) is 1. The van der Waals surface area contributed by atoms with Gasteiger partial charge in [0.2, 0.25) is 0 Å². The van der Waals surface area contributed by atoms with Gasteiger partial charge in [0.25, 0.3) is 6.71 Å². The van der Waals surface area contributed by atoms with Crippen molar-refractivity contribution in [3.05, 3.63) is 97.1 Å². The summed E-state index contributed by atoms with van der Waals surface area (Å²) in [5, 5.41) is 3.66. The summed E-state index contributed by atoms with van der Waals surface area (Å²) in [6.45, 7) is 0.254. The highest BCUT2D eigenvalue weighted by Gasteiger charge is 2.39. The average molecular weight is 344 g/mol. The lowest BCUT2D eigenvalue weighted by Gasteiger charge is -2.40. The molecule has 0 amide bonds. The Morgan fingerprint density at radius 3 is 2.11 bits per heavy atom. The third-order valence-electron chi connectivity index (χ3n) is 5.66. The lowest BCUT2D eigenvalue weighted by molar-refractivity contribution is 1.29. The predicted molar refractivity (Wildman–Crippen MR) is 116 cm³/mol. The Kier molecular flexibility index (Phi) is 3.00. The molecule has 27 heavy (non-hydrogen) atoms. The van der Waals surface area contributed by atoms with Gasteiger partial charge in [0, 0.05) is 28.4 Å². The highest BCUT2D eigenvalue weighted by atomic mass is 15.2. The molecule has 0 saturated carbocycles. The maximum absolute atomic E-state index is 3.66. The van der Waals surface area contributed by atoms with Gasteiger partial charge in [-0.2, -0.15) is 0 Å². The number of nitrogens with one attached hydrogen (secondary N) is 1. The van der Waals surface area contributed by atoms with Crippen molar-refractivity contribution in [1.29, 1.82) is 0 Å². The van der Waals surface area contributed by atoms with Gasteiger partial charge in [-0.25, -0.2) is 0 Å². The minimum atomic E-state index is 0.254. The summed E-state index contributed by atoms with van der Waals surface area (Å²) in [4.78, 5) is 2.39. The summed E-state index contributed by atoms with van der Waals surface area (Å²) in [5.74, 6) is 0. The smallest absolute Gasteiger partial charge is 0.252 e. The Bertz CT molecular complexity index is 1170. The van der Waals surface area contributed by atoms with E-state index in [4.69, 9.17) is 0 Å². The molecular weight excluding hydrogens is 327 g/mol. The van der Waals surface area contributed by atoms with Crippen LogP contribution in [0.25, 0.3) is 0 Å². The van der Waals surface area contributed by atoms with Crippen LogP contribution in [0.4, 0.5) is 28.4 Å². The van der Waals surface area contributed by atoms with Crippen LogP contribution in [0.2, 0.25) is 0 Å². The second-order valence-corrected chi connectivity index (χ2v) is 7.11. The van der Waals surface area contributed by atoms with Crippen molar-refractivity contribution >= 4 is 51.5 Å². The van der Waals surface area contributed by atoms with Crippen LogP contribution in [0.1, 0.15) is 0 Å². The Labute approximate surface area is 159 Å². The second kappa shape index (κ2) is 5.52. The summed E-state index contributed by atoms with van der Waals surface area (Å²) in [7, 11) is 0. The maximum atomic E-state index is 3.66. The molecule has 2 heterocycles. The minimum Gasteiger partial charge on any atom is -0.356 e. The first-order valence-electron chi connectivity index (χ1n) is 9.35. The van der Waals surface area contributed by atoms with E-state index >= 15 is 0 Å². The van der Waals surface area contributed by atoms with E-state index in [0.29, 0.717) is 0 Å². The number of para-hydroxylation sites is 3. The lowest BCUT2D eigenvalue weighted by atomic mass is 9.33. The molecule has 0 aromatic heterocycles. The number of hydrogen-bond acceptors (Lipinski definition) is 2. The summed E-state index contributed by atoms with van der Waals surface area (Å²) >= 11 is 0. The van der Waals surface area contributed by atoms with Gasteiger partial charge in [-0.05, 0) is 52.8 Å². The first kappa shape index (κ1) is 14.7. The fourth-order valence-electron chi connectivity index (χ4n) is 4.57. The lowest BCUT2D eigenvalue weighted by Crippen LogP contribution is -2.60. The molecule has 3 heteroatoms. The van der Waals surface area contributed by atoms with E-state index in [-0.39, 0.29) is 6.71 Å². The zero-order valence-electron chi connectivity index (χ0n) is 14.8. The molecule has 1 N–H and O–H groups in total. The van der Waals surface area contributed by atoms with Gasteiger partial charge in [-0.1, -0.05) is 60.7 Å². The zero-order valence-corrected chi connectivity index (χ0v) is 14.8. The fourth-order valence-corrected chi connectivity index (χ4v) is 4.57. The number of nitrogens with zero attached hydrogens (tertiary/aromatic N) is 1. The van der Waals surface area contributed by atoms with Crippen molar-refractivity contribution in [2.24, 2.45) is 0 Å². The van der Waals surface area contributed by atoms with Crippen LogP contribution in [-0.2, 0) is 0 Å². The average Bonchev–Trinajstić information content (AvgIpc) is 2.74. The summed E-state index contributed by atoms with van der Waals surface area (Å²) < 4.78 is 0. The second-order valence-electron chi connectivity index (χ2n) is 7.11. The molecule has 6 rings (SSSR count). The van der Waals surface area contributed by atoms with Gasteiger partial charge >= 0.3 is 0 Å². The zero-order chi connectivity index (χ0) is 17.8. The quantitative estimate of drug-likeness (QED) is 0.453. The molecule has 0 aliphatic carbocycles. The van der Waals surface area contributed by atoms with Crippen LogP contribution < -0.4 is 26.6 Å². The van der Waals surface area contributed by atoms with Crippen LogP contribution in [0.3, 0.4) is 0 Å². The third-order valence-corrected chi connectivity index (χ3v) is 5.66. The fraction of sp³-hybridized carbons (Fsp3) is 0. The third kappa shape index (κ3) is 2.03. The SMILES string of the molecule is c1ccc(N2c3ccccc3B3c4ccccc4Nc4cccc2c43)cc1. The molecule has 4 aromatic carbocycles. The maximum Gasteiger partial charge on any atom is 0.252 e. The van der Waals surface area contributed by atoms with Crippen LogP contribution in [0, 0.1) is 0 Å². The van der Waals surface area contributed by atoms with Gasteiger partial charge in [-0.3, -0.25) is 0 Å². The molecule has 2 aliphatic heterocycles. The van der Waals surface area contributed by atoms with Gasteiger partial charge in [-0.15, -0.1) is 0 Å². The molecule has 0 fully saturated rings. The molecule has 126 valence electrons. The first-order valence-corrected chi connectivity index (χ1v) is 9.35. The Hall–Kier alpha value is -3.46. The van der Waals surface area contributed by atoms with E-state index in [1.54, 1.807) is 0 Å². The largest absolute Gasteiger partial charge is 0.356 e. The number of rotatable bonds is 1. The van der Waals surface area contributed by atoms with E-state index in [1.807, 2.05) is 0 Å². The summed E-state index contributed by atoms with van der Waals surface area (Å²) in [6.07, 6.45) is 0. The number of anilines is 5. The van der Waals surface area contributed by atoms with Gasteiger partial charge in [0.1, 0.15) is 0 Å². The van der Waals surface area contributed by atoms with Crippen molar-refractivity contribution in [2.45, 2.75) is 0 Å².